The molecule has 0 fully saturated rings. The van der Waals surface area contributed by atoms with E-state index in [0.717, 1.165) is 58.8 Å². The molecular weight excluding hydrogens is 508 g/mol. The summed E-state index contributed by atoms with van der Waals surface area (Å²) < 4.78 is 0. The topological polar surface area (TPSA) is 36.7 Å². The zero-order valence-electron chi connectivity index (χ0n) is 24.1. The number of rotatable bonds is 2. The SMILES string of the molecule is CC.N#Cc1ccc2cc(-c3ccc(-c4nc5c6c(c7c(c5c5ccccc45)C=CCC7)CCC=C6)cc3)ccc2c1. The van der Waals surface area contributed by atoms with Gasteiger partial charge in [-0.25, -0.2) is 4.98 Å². The molecule has 5 aromatic carbocycles. The van der Waals surface area contributed by atoms with Gasteiger partial charge in [0.1, 0.15) is 0 Å². The van der Waals surface area contributed by atoms with Gasteiger partial charge in [-0.15, -0.1) is 0 Å². The van der Waals surface area contributed by atoms with E-state index in [0.29, 0.717) is 5.56 Å². The average molecular weight is 541 g/mol. The molecule has 0 amide bonds. The van der Waals surface area contributed by atoms with Crippen LogP contribution in [0.2, 0.25) is 0 Å². The summed E-state index contributed by atoms with van der Waals surface area (Å²) in [6.07, 6.45) is 13.7. The van der Waals surface area contributed by atoms with Crippen LogP contribution in [0.1, 0.15) is 54.5 Å². The summed E-state index contributed by atoms with van der Waals surface area (Å²) in [7, 11) is 0. The quantitative estimate of drug-likeness (QED) is 0.205. The number of nitriles is 1. The summed E-state index contributed by atoms with van der Waals surface area (Å²) in [4.78, 5) is 5.44. The second-order valence-electron chi connectivity index (χ2n) is 10.9. The minimum absolute atomic E-state index is 0.688. The molecule has 2 heteroatoms. The van der Waals surface area contributed by atoms with E-state index < -0.39 is 0 Å². The van der Waals surface area contributed by atoms with Gasteiger partial charge < -0.3 is 0 Å². The second kappa shape index (κ2) is 10.8. The van der Waals surface area contributed by atoms with E-state index in [-0.39, 0.29) is 0 Å². The zero-order chi connectivity index (χ0) is 28.6. The highest BCUT2D eigenvalue weighted by atomic mass is 14.7. The molecule has 6 aromatic rings. The Bertz CT molecular complexity index is 2100. The summed E-state index contributed by atoms with van der Waals surface area (Å²) in [6.45, 7) is 4.00. The fourth-order valence-corrected chi connectivity index (χ4v) is 6.68. The molecule has 202 valence electrons. The summed E-state index contributed by atoms with van der Waals surface area (Å²) >= 11 is 0. The number of nitrogens with zero attached hydrogens (tertiary/aromatic N) is 2. The van der Waals surface area contributed by atoms with Gasteiger partial charge in [0.15, 0.2) is 0 Å². The third kappa shape index (κ3) is 4.21. The van der Waals surface area contributed by atoms with Gasteiger partial charge in [-0.3, -0.25) is 0 Å². The van der Waals surface area contributed by atoms with Crippen molar-refractivity contribution in [2.24, 2.45) is 0 Å². The summed E-state index contributed by atoms with van der Waals surface area (Å²) in [5.74, 6) is 0. The first-order valence-electron chi connectivity index (χ1n) is 15.1. The smallest absolute Gasteiger partial charge is 0.0991 e. The largest absolute Gasteiger partial charge is 0.246 e. The van der Waals surface area contributed by atoms with Gasteiger partial charge in [-0.05, 0) is 87.9 Å². The van der Waals surface area contributed by atoms with Crippen LogP contribution >= 0.6 is 0 Å². The molecule has 1 heterocycles. The lowest BCUT2D eigenvalue weighted by Crippen LogP contribution is -2.08. The Morgan fingerprint density at radius 3 is 2.02 bits per heavy atom. The maximum absolute atomic E-state index is 9.22. The number of pyridine rings is 1. The van der Waals surface area contributed by atoms with Gasteiger partial charge in [-0.1, -0.05) is 105 Å². The van der Waals surface area contributed by atoms with Gasteiger partial charge in [0, 0.05) is 21.9 Å². The highest BCUT2D eigenvalue weighted by Crippen LogP contribution is 2.42. The molecule has 8 rings (SSSR count). The van der Waals surface area contributed by atoms with Crippen molar-refractivity contribution in [2.45, 2.75) is 39.5 Å². The van der Waals surface area contributed by atoms with Gasteiger partial charge in [0.25, 0.3) is 0 Å². The lowest BCUT2D eigenvalue weighted by atomic mass is 9.81. The molecule has 0 saturated heterocycles. The molecule has 0 unspecified atom stereocenters. The normalized spacial score (nSPS) is 13.4. The van der Waals surface area contributed by atoms with Crippen molar-refractivity contribution in [2.75, 3.05) is 0 Å². The van der Waals surface area contributed by atoms with Gasteiger partial charge in [0.2, 0.25) is 0 Å². The first-order chi connectivity index (χ1) is 20.8. The molecule has 0 spiro atoms. The number of hydrogen-bond donors (Lipinski definition) is 0. The standard InChI is InChI=1S/C38H26N2.C2H6/c39-23-24-13-14-29-22-28(20-19-27(29)21-24)25-15-17-26(18-16-25)37-35-12-6-4-10-33(35)36-32-9-3-1-7-30(32)31-8-2-5-11-34(31)38(36)40-37;1-2/h3-6,9-22H,1-2,7-8H2;1-2H3. The molecule has 0 atom stereocenters. The van der Waals surface area contributed by atoms with Crippen LogP contribution in [0.15, 0.2) is 97.1 Å². The third-order valence-corrected chi connectivity index (χ3v) is 8.60. The maximum Gasteiger partial charge on any atom is 0.0991 e. The number of benzene rings is 5. The van der Waals surface area contributed by atoms with Crippen LogP contribution in [0.3, 0.4) is 0 Å². The molecule has 0 aliphatic heterocycles. The molecule has 42 heavy (non-hydrogen) atoms. The maximum atomic E-state index is 9.22. The molecule has 2 nitrogen and oxygen atoms in total. The molecule has 0 bridgehead atoms. The fraction of sp³-hybridized carbons (Fsp3) is 0.150. The fourth-order valence-electron chi connectivity index (χ4n) is 6.68. The predicted octanol–water partition coefficient (Wildman–Crippen LogP) is 10.7. The molecule has 0 radical (unpaired) electrons. The van der Waals surface area contributed by atoms with E-state index in [1.165, 1.54) is 44.0 Å². The number of allylic oxidation sites excluding steroid dienone is 2. The summed E-state index contributed by atoms with van der Waals surface area (Å²) in [5.41, 5.74) is 12.0. The van der Waals surface area contributed by atoms with E-state index in [1.807, 2.05) is 32.0 Å². The Kier molecular flexibility index (Phi) is 6.65. The summed E-state index contributed by atoms with van der Waals surface area (Å²) in [5, 5.41) is 15.2. The number of fused-ring (bicyclic) bond motifs is 9. The van der Waals surface area contributed by atoms with Crippen LogP contribution in [0, 0.1) is 11.3 Å². The number of hydrogen-bond acceptors (Lipinski definition) is 2. The molecule has 0 saturated carbocycles. The van der Waals surface area contributed by atoms with Crippen molar-refractivity contribution >= 4 is 44.6 Å². The lowest BCUT2D eigenvalue weighted by Gasteiger charge is -2.24. The lowest BCUT2D eigenvalue weighted by molar-refractivity contribution is 0.910. The van der Waals surface area contributed by atoms with Crippen molar-refractivity contribution in [3.05, 3.63) is 125 Å². The van der Waals surface area contributed by atoms with Crippen LogP contribution in [-0.4, -0.2) is 4.98 Å². The molecule has 1 aromatic heterocycles. The zero-order valence-corrected chi connectivity index (χ0v) is 24.1. The van der Waals surface area contributed by atoms with Crippen molar-refractivity contribution in [1.29, 1.82) is 5.26 Å². The molecule has 0 N–H and O–H groups in total. The van der Waals surface area contributed by atoms with E-state index in [2.05, 4.69) is 97.1 Å². The summed E-state index contributed by atoms with van der Waals surface area (Å²) in [6, 6.07) is 32.1. The predicted molar refractivity (Wildman–Crippen MR) is 178 cm³/mol. The Hall–Kier alpha value is -5.00. The van der Waals surface area contributed by atoms with Gasteiger partial charge in [-0.2, -0.15) is 5.26 Å². The van der Waals surface area contributed by atoms with E-state index >= 15 is 0 Å². The minimum Gasteiger partial charge on any atom is -0.246 e. The van der Waals surface area contributed by atoms with E-state index in [1.54, 1.807) is 0 Å². The second-order valence-corrected chi connectivity index (χ2v) is 10.9. The van der Waals surface area contributed by atoms with Crippen molar-refractivity contribution in [1.82, 2.24) is 4.98 Å². The van der Waals surface area contributed by atoms with Crippen LogP contribution < -0.4 is 0 Å². The first-order valence-corrected chi connectivity index (χ1v) is 15.1. The highest BCUT2D eigenvalue weighted by molar-refractivity contribution is 6.16. The Morgan fingerprint density at radius 2 is 1.26 bits per heavy atom. The van der Waals surface area contributed by atoms with Crippen molar-refractivity contribution in [3.63, 3.8) is 0 Å². The Balaban J connectivity index is 0.00000141. The van der Waals surface area contributed by atoms with E-state index in [4.69, 9.17) is 4.98 Å². The molecule has 2 aliphatic rings. The third-order valence-electron chi connectivity index (χ3n) is 8.60. The van der Waals surface area contributed by atoms with E-state index in [9.17, 15) is 5.26 Å². The Labute approximate surface area is 247 Å². The van der Waals surface area contributed by atoms with Crippen molar-refractivity contribution in [3.8, 4) is 28.5 Å². The average Bonchev–Trinajstić information content (AvgIpc) is 3.08. The van der Waals surface area contributed by atoms with Crippen LogP contribution in [0.5, 0.6) is 0 Å². The Morgan fingerprint density at radius 1 is 0.643 bits per heavy atom. The highest BCUT2D eigenvalue weighted by Gasteiger charge is 2.23. The molecule has 2 aliphatic carbocycles. The number of aromatic nitrogens is 1. The van der Waals surface area contributed by atoms with Gasteiger partial charge >= 0.3 is 0 Å². The van der Waals surface area contributed by atoms with Crippen LogP contribution in [0.25, 0.3) is 67.0 Å². The molecular formula is C40H32N2. The minimum atomic E-state index is 0.688. The van der Waals surface area contributed by atoms with Crippen LogP contribution in [-0.2, 0) is 12.8 Å². The van der Waals surface area contributed by atoms with Crippen molar-refractivity contribution < 1.29 is 0 Å². The first kappa shape index (κ1) is 25.9. The van der Waals surface area contributed by atoms with Gasteiger partial charge in [0.05, 0.1) is 22.8 Å². The monoisotopic (exact) mass is 540 g/mol. The van der Waals surface area contributed by atoms with Crippen LogP contribution in [0.4, 0.5) is 0 Å².